The Kier molecular flexibility index (Phi) is 5.55. The van der Waals surface area contributed by atoms with Gasteiger partial charge >= 0.3 is 0 Å². The molecule has 0 bridgehead atoms. The molecule has 6 heteroatoms. The number of aryl methyl sites for hydroxylation is 1. The average molecular weight is 318 g/mol. The SMILES string of the molecule is COc1cccc(C)c1NC(=O)CON=C(C)c1cccs1. The van der Waals surface area contributed by atoms with Crippen LogP contribution in [0.1, 0.15) is 17.4 Å². The number of hydrogen-bond donors (Lipinski definition) is 1. The van der Waals surface area contributed by atoms with Gasteiger partial charge in [-0.2, -0.15) is 0 Å². The highest BCUT2D eigenvalue weighted by molar-refractivity contribution is 7.12. The quantitative estimate of drug-likeness (QED) is 0.655. The smallest absolute Gasteiger partial charge is 0.265 e. The molecule has 0 atom stereocenters. The largest absolute Gasteiger partial charge is 0.495 e. The van der Waals surface area contributed by atoms with Crippen LogP contribution in [0.4, 0.5) is 5.69 Å². The van der Waals surface area contributed by atoms with E-state index in [0.717, 1.165) is 16.2 Å². The lowest BCUT2D eigenvalue weighted by Gasteiger charge is -2.12. The third-order valence-corrected chi connectivity index (χ3v) is 3.97. The van der Waals surface area contributed by atoms with Gasteiger partial charge in [0.1, 0.15) is 5.75 Å². The van der Waals surface area contributed by atoms with Gasteiger partial charge in [0, 0.05) is 0 Å². The molecule has 1 aromatic heterocycles. The van der Waals surface area contributed by atoms with Gasteiger partial charge < -0.3 is 14.9 Å². The number of hydrogen-bond acceptors (Lipinski definition) is 5. The Morgan fingerprint density at radius 3 is 2.82 bits per heavy atom. The predicted molar refractivity (Wildman–Crippen MR) is 88.8 cm³/mol. The Morgan fingerprint density at radius 2 is 2.14 bits per heavy atom. The van der Waals surface area contributed by atoms with Gasteiger partial charge in [-0.1, -0.05) is 23.4 Å². The zero-order valence-electron chi connectivity index (χ0n) is 12.8. The van der Waals surface area contributed by atoms with Gasteiger partial charge in [0.2, 0.25) is 0 Å². The molecule has 1 heterocycles. The van der Waals surface area contributed by atoms with Crippen LogP contribution in [0.15, 0.2) is 40.9 Å². The first-order chi connectivity index (χ1) is 10.6. The van der Waals surface area contributed by atoms with Crippen molar-refractivity contribution in [1.82, 2.24) is 0 Å². The molecule has 0 aliphatic heterocycles. The van der Waals surface area contributed by atoms with Gasteiger partial charge in [-0.05, 0) is 36.9 Å². The first-order valence-corrected chi connectivity index (χ1v) is 7.63. The molecule has 1 N–H and O–H groups in total. The number of nitrogens with one attached hydrogen (secondary N) is 1. The fourth-order valence-electron chi connectivity index (χ4n) is 1.86. The van der Waals surface area contributed by atoms with Crippen molar-refractivity contribution in [2.75, 3.05) is 19.0 Å². The van der Waals surface area contributed by atoms with Crippen LogP contribution >= 0.6 is 11.3 Å². The summed E-state index contributed by atoms with van der Waals surface area (Å²) in [7, 11) is 1.57. The fraction of sp³-hybridized carbons (Fsp3) is 0.250. The second kappa shape index (κ2) is 7.61. The van der Waals surface area contributed by atoms with Crippen molar-refractivity contribution in [1.29, 1.82) is 0 Å². The molecular formula is C16H18N2O3S. The van der Waals surface area contributed by atoms with E-state index in [1.807, 2.05) is 43.5 Å². The summed E-state index contributed by atoms with van der Waals surface area (Å²) in [5.74, 6) is 0.335. The second-order valence-electron chi connectivity index (χ2n) is 4.63. The third-order valence-electron chi connectivity index (χ3n) is 2.99. The number of nitrogens with zero attached hydrogens (tertiary/aromatic N) is 1. The van der Waals surface area contributed by atoms with Crippen LogP contribution in [0.25, 0.3) is 0 Å². The predicted octanol–water partition coefficient (Wildman–Crippen LogP) is 3.44. The van der Waals surface area contributed by atoms with E-state index in [9.17, 15) is 4.79 Å². The van der Waals surface area contributed by atoms with Gasteiger partial charge in [0.25, 0.3) is 5.91 Å². The maximum Gasteiger partial charge on any atom is 0.265 e. The Bertz CT molecular complexity index is 666. The van der Waals surface area contributed by atoms with Crippen molar-refractivity contribution < 1.29 is 14.4 Å². The maximum atomic E-state index is 11.9. The summed E-state index contributed by atoms with van der Waals surface area (Å²) in [5, 5.41) is 8.69. The Labute approximate surface area is 133 Å². The standard InChI is InChI=1S/C16H18N2O3S/c1-11-6-4-7-13(20-3)16(11)17-15(19)10-21-18-12(2)14-8-5-9-22-14/h4-9H,10H2,1-3H3,(H,17,19). The van der Waals surface area contributed by atoms with E-state index < -0.39 is 0 Å². The van der Waals surface area contributed by atoms with Crippen LogP contribution in [0.3, 0.4) is 0 Å². The summed E-state index contributed by atoms with van der Waals surface area (Å²) in [5.41, 5.74) is 2.32. The number of rotatable bonds is 6. The van der Waals surface area contributed by atoms with Crippen molar-refractivity contribution >= 4 is 28.6 Å². The number of para-hydroxylation sites is 1. The number of benzene rings is 1. The van der Waals surface area contributed by atoms with E-state index >= 15 is 0 Å². The first kappa shape index (κ1) is 16.0. The monoisotopic (exact) mass is 318 g/mol. The normalized spacial score (nSPS) is 11.1. The zero-order chi connectivity index (χ0) is 15.9. The molecule has 0 spiro atoms. The maximum absolute atomic E-state index is 11.9. The lowest BCUT2D eigenvalue weighted by molar-refractivity contribution is -0.120. The molecule has 0 saturated heterocycles. The fourth-order valence-corrected chi connectivity index (χ4v) is 2.53. The van der Waals surface area contributed by atoms with Gasteiger partial charge in [-0.15, -0.1) is 11.3 Å². The third kappa shape index (κ3) is 4.08. The highest BCUT2D eigenvalue weighted by Gasteiger charge is 2.10. The lowest BCUT2D eigenvalue weighted by atomic mass is 10.2. The summed E-state index contributed by atoms with van der Waals surface area (Å²) in [6.45, 7) is 3.59. The van der Waals surface area contributed by atoms with Crippen molar-refractivity contribution in [3.8, 4) is 5.75 Å². The highest BCUT2D eigenvalue weighted by atomic mass is 32.1. The Balaban J connectivity index is 1.93. The molecule has 5 nitrogen and oxygen atoms in total. The Morgan fingerprint density at radius 1 is 1.32 bits per heavy atom. The van der Waals surface area contributed by atoms with Crippen molar-refractivity contribution in [3.63, 3.8) is 0 Å². The summed E-state index contributed by atoms with van der Waals surface area (Å²) >= 11 is 1.57. The molecule has 0 radical (unpaired) electrons. The van der Waals surface area contributed by atoms with Gasteiger partial charge in [-0.25, -0.2) is 0 Å². The van der Waals surface area contributed by atoms with E-state index in [2.05, 4.69) is 10.5 Å². The van der Waals surface area contributed by atoms with Crippen LogP contribution < -0.4 is 10.1 Å². The summed E-state index contributed by atoms with van der Waals surface area (Å²) in [6, 6.07) is 9.46. The molecule has 0 unspecified atom stereocenters. The second-order valence-corrected chi connectivity index (χ2v) is 5.58. The van der Waals surface area contributed by atoms with Gasteiger partial charge in [-0.3, -0.25) is 4.79 Å². The molecule has 0 saturated carbocycles. The van der Waals surface area contributed by atoms with Crippen LogP contribution in [-0.4, -0.2) is 25.3 Å². The van der Waals surface area contributed by atoms with E-state index in [1.165, 1.54) is 0 Å². The molecule has 22 heavy (non-hydrogen) atoms. The Hall–Kier alpha value is -2.34. The number of ether oxygens (including phenoxy) is 1. The average Bonchev–Trinajstić information content (AvgIpc) is 3.03. The minimum Gasteiger partial charge on any atom is -0.495 e. The summed E-state index contributed by atoms with van der Waals surface area (Å²) in [6.07, 6.45) is 0. The van der Waals surface area contributed by atoms with Gasteiger partial charge in [0.05, 0.1) is 23.4 Å². The van der Waals surface area contributed by atoms with Crippen LogP contribution in [-0.2, 0) is 9.63 Å². The minimum absolute atomic E-state index is 0.153. The number of oxime groups is 1. The van der Waals surface area contributed by atoms with Gasteiger partial charge in [0.15, 0.2) is 6.61 Å². The van der Waals surface area contributed by atoms with Crippen molar-refractivity contribution in [2.24, 2.45) is 5.16 Å². The first-order valence-electron chi connectivity index (χ1n) is 6.75. The topological polar surface area (TPSA) is 59.9 Å². The number of amides is 1. The molecule has 0 fully saturated rings. The molecular weight excluding hydrogens is 300 g/mol. The molecule has 2 rings (SSSR count). The van der Waals surface area contributed by atoms with Crippen LogP contribution in [0.2, 0.25) is 0 Å². The van der Waals surface area contributed by atoms with E-state index in [-0.39, 0.29) is 12.5 Å². The number of methoxy groups -OCH3 is 1. The van der Waals surface area contributed by atoms with Crippen molar-refractivity contribution in [3.05, 3.63) is 46.2 Å². The highest BCUT2D eigenvalue weighted by Crippen LogP contribution is 2.27. The molecule has 116 valence electrons. The zero-order valence-corrected chi connectivity index (χ0v) is 13.6. The number of anilines is 1. The summed E-state index contributed by atoms with van der Waals surface area (Å²) < 4.78 is 5.24. The number of carbonyl (C=O) groups excluding carboxylic acids is 1. The summed E-state index contributed by atoms with van der Waals surface area (Å²) in [4.78, 5) is 18.1. The molecule has 0 aliphatic rings. The van der Waals surface area contributed by atoms with E-state index in [1.54, 1.807) is 24.5 Å². The molecule has 1 amide bonds. The minimum atomic E-state index is -0.282. The molecule has 1 aromatic carbocycles. The number of thiophene rings is 1. The lowest BCUT2D eigenvalue weighted by Crippen LogP contribution is -2.18. The molecule has 0 aliphatic carbocycles. The number of carbonyl (C=O) groups is 1. The van der Waals surface area contributed by atoms with Crippen LogP contribution in [0, 0.1) is 6.92 Å². The molecule has 2 aromatic rings. The van der Waals surface area contributed by atoms with Crippen molar-refractivity contribution in [2.45, 2.75) is 13.8 Å². The van der Waals surface area contributed by atoms with Crippen LogP contribution in [0.5, 0.6) is 5.75 Å². The van der Waals surface area contributed by atoms with E-state index in [4.69, 9.17) is 9.57 Å². The van der Waals surface area contributed by atoms with E-state index in [0.29, 0.717) is 11.4 Å².